The maximum atomic E-state index is 11.6. The van der Waals surface area contributed by atoms with Gasteiger partial charge in [-0.3, -0.25) is 0 Å². The lowest BCUT2D eigenvalue weighted by atomic mass is 10.1. The first kappa shape index (κ1) is 13.6. The first-order valence-corrected chi connectivity index (χ1v) is 8.26. The van der Waals surface area contributed by atoms with Crippen LogP contribution in [0, 0.1) is 0 Å². The second kappa shape index (κ2) is 5.21. The highest BCUT2D eigenvalue weighted by molar-refractivity contribution is 7.90. The fraction of sp³-hybridized carbons (Fsp3) is 0. The summed E-state index contributed by atoms with van der Waals surface area (Å²) in [6.07, 6.45) is 0. The summed E-state index contributed by atoms with van der Waals surface area (Å²) in [7, 11) is -3.92. The predicted octanol–water partition coefficient (Wildman–Crippen LogP) is 4.57. The van der Waals surface area contributed by atoms with E-state index in [1.165, 1.54) is 16.8 Å². The summed E-state index contributed by atoms with van der Waals surface area (Å²) in [5.41, 5.74) is 9.18. The Morgan fingerprint density at radius 3 is 2.43 bits per heavy atom. The molecular weight excluding hydrogens is 306 g/mol. The average molecular weight is 315 g/mol. The summed E-state index contributed by atoms with van der Waals surface area (Å²) in [6, 6.07) is 16.4. The van der Waals surface area contributed by atoms with Crippen LogP contribution in [0.25, 0.3) is 31.0 Å². The van der Waals surface area contributed by atoms with Crippen molar-refractivity contribution in [3.8, 4) is 10.4 Å². The quantitative estimate of drug-likeness (QED) is 0.403. The molecule has 0 aliphatic rings. The molecule has 0 N–H and O–H groups in total. The van der Waals surface area contributed by atoms with E-state index in [-0.39, 0.29) is 4.90 Å². The number of rotatable bonds is 3. The third-order valence-corrected chi connectivity index (χ3v) is 5.33. The highest BCUT2D eigenvalue weighted by Crippen LogP contribution is 2.33. The molecule has 3 rings (SSSR count). The van der Waals surface area contributed by atoms with E-state index >= 15 is 0 Å². The lowest BCUT2D eigenvalue weighted by molar-refractivity contribution is 0.597. The molecule has 0 aliphatic carbocycles. The van der Waals surface area contributed by atoms with Gasteiger partial charge in [-0.2, -0.15) is 0 Å². The van der Waals surface area contributed by atoms with Crippen LogP contribution in [0.4, 0.5) is 0 Å². The molecule has 0 atom stereocenters. The van der Waals surface area contributed by atoms with Gasteiger partial charge in [-0.1, -0.05) is 30.3 Å². The number of azide groups is 1. The lowest BCUT2D eigenvalue weighted by Gasteiger charge is -2.00. The van der Waals surface area contributed by atoms with E-state index in [1.54, 1.807) is 23.5 Å². The monoisotopic (exact) mass is 315 g/mol. The van der Waals surface area contributed by atoms with E-state index < -0.39 is 10.0 Å². The Hall–Kier alpha value is -2.34. The Morgan fingerprint density at radius 2 is 1.76 bits per heavy atom. The number of hydrogen-bond donors (Lipinski definition) is 0. The van der Waals surface area contributed by atoms with Crippen LogP contribution in [-0.2, 0) is 10.0 Å². The van der Waals surface area contributed by atoms with Gasteiger partial charge in [0.15, 0.2) is 0 Å². The number of sulfonamides is 1. The minimum absolute atomic E-state index is 0.00911. The highest BCUT2D eigenvalue weighted by atomic mass is 32.2. The molecule has 21 heavy (non-hydrogen) atoms. The van der Waals surface area contributed by atoms with Crippen molar-refractivity contribution < 1.29 is 8.42 Å². The van der Waals surface area contributed by atoms with Gasteiger partial charge in [-0.05, 0) is 40.7 Å². The maximum absolute atomic E-state index is 11.6. The van der Waals surface area contributed by atoms with Gasteiger partial charge in [0, 0.05) is 19.0 Å². The molecule has 0 unspecified atom stereocenters. The fourth-order valence-corrected chi connectivity index (χ4v) is 3.75. The second-order valence-electron chi connectivity index (χ2n) is 4.32. The molecule has 104 valence electrons. The van der Waals surface area contributed by atoms with Gasteiger partial charge in [-0.25, -0.2) is 8.42 Å². The van der Waals surface area contributed by atoms with Crippen LogP contribution in [0.2, 0.25) is 0 Å². The Balaban J connectivity index is 2.03. The normalized spacial score (nSPS) is 11.2. The molecule has 0 saturated carbocycles. The third kappa shape index (κ3) is 2.62. The molecule has 0 radical (unpaired) electrons. The van der Waals surface area contributed by atoms with Crippen molar-refractivity contribution in [2.24, 2.45) is 4.52 Å². The summed E-state index contributed by atoms with van der Waals surface area (Å²) in [6.45, 7) is 0. The smallest absolute Gasteiger partial charge is 0.216 e. The van der Waals surface area contributed by atoms with E-state index in [2.05, 4.69) is 15.5 Å². The summed E-state index contributed by atoms with van der Waals surface area (Å²) < 4.78 is 27.2. The number of hydrogen-bond acceptors (Lipinski definition) is 3. The molecule has 1 heterocycles. The number of fused-ring (bicyclic) bond motifs is 1. The third-order valence-electron chi connectivity index (χ3n) is 3.01. The predicted molar refractivity (Wildman–Crippen MR) is 83.6 cm³/mol. The zero-order valence-electron chi connectivity index (χ0n) is 10.7. The van der Waals surface area contributed by atoms with Crippen molar-refractivity contribution in [2.75, 3.05) is 0 Å². The molecule has 0 spiro atoms. The Kier molecular flexibility index (Phi) is 3.39. The summed E-state index contributed by atoms with van der Waals surface area (Å²) in [5.74, 6) is 0. The molecular formula is C14H9N3O2S2. The zero-order chi connectivity index (χ0) is 14.9. The fourth-order valence-electron chi connectivity index (χ4n) is 2.01. The van der Waals surface area contributed by atoms with Gasteiger partial charge in [0.25, 0.3) is 10.0 Å². The Morgan fingerprint density at radius 1 is 1.05 bits per heavy atom. The standard InChI is InChI=1S/C14H9N3O2S2/c15-16-17-21(18,19)12-7-5-10(6-8-12)14-9-11-3-1-2-4-13(11)20-14/h1-9H. The van der Waals surface area contributed by atoms with Crippen LogP contribution in [0.5, 0.6) is 0 Å². The Bertz CT molecular complexity index is 920. The molecule has 0 bridgehead atoms. The van der Waals surface area contributed by atoms with Crippen LogP contribution >= 0.6 is 11.3 Å². The number of thiophene rings is 1. The van der Waals surface area contributed by atoms with Crippen LogP contribution in [0.15, 0.2) is 64.0 Å². The minimum Gasteiger partial charge on any atom is -0.216 e. The van der Waals surface area contributed by atoms with E-state index in [1.807, 2.05) is 24.3 Å². The van der Waals surface area contributed by atoms with E-state index in [0.717, 1.165) is 15.8 Å². The van der Waals surface area contributed by atoms with Gasteiger partial charge in [0.05, 0.1) is 4.90 Å². The van der Waals surface area contributed by atoms with Crippen molar-refractivity contribution in [2.45, 2.75) is 4.90 Å². The zero-order valence-corrected chi connectivity index (χ0v) is 12.3. The molecule has 5 nitrogen and oxygen atoms in total. The molecule has 7 heteroatoms. The van der Waals surface area contributed by atoms with Crippen LogP contribution in [0.1, 0.15) is 0 Å². The van der Waals surface area contributed by atoms with Crippen LogP contribution < -0.4 is 0 Å². The number of benzene rings is 2. The van der Waals surface area contributed by atoms with Crippen LogP contribution in [0.3, 0.4) is 0 Å². The van der Waals surface area contributed by atoms with Crippen molar-refractivity contribution in [3.63, 3.8) is 0 Å². The van der Waals surface area contributed by atoms with Crippen molar-refractivity contribution >= 4 is 31.4 Å². The molecule has 0 aliphatic heterocycles. The Labute approximate surface area is 125 Å². The molecule has 1 aromatic heterocycles. The van der Waals surface area contributed by atoms with Gasteiger partial charge in [0.2, 0.25) is 0 Å². The largest absolute Gasteiger partial charge is 0.264 e. The molecule has 0 saturated heterocycles. The summed E-state index contributed by atoms with van der Waals surface area (Å²) in [4.78, 5) is 3.38. The van der Waals surface area contributed by atoms with Crippen molar-refractivity contribution in [3.05, 3.63) is 65.0 Å². The molecule has 0 fully saturated rings. The first-order chi connectivity index (χ1) is 10.1. The van der Waals surface area contributed by atoms with E-state index in [4.69, 9.17) is 5.53 Å². The van der Waals surface area contributed by atoms with E-state index in [0.29, 0.717) is 0 Å². The number of nitrogens with zero attached hydrogens (tertiary/aromatic N) is 3. The summed E-state index contributed by atoms with van der Waals surface area (Å²) in [5, 5.41) is 1.16. The maximum Gasteiger partial charge on any atom is 0.264 e. The van der Waals surface area contributed by atoms with Gasteiger partial charge < -0.3 is 0 Å². The van der Waals surface area contributed by atoms with Crippen LogP contribution in [-0.4, -0.2) is 8.42 Å². The minimum atomic E-state index is -3.92. The first-order valence-electron chi connectivity index (χ1n) is 6.00. The topological polar surface area (TPSA) is 82.9 Å². The van der Waals surface area contributed by atoms with E-state index in [9.17, 15) is 8.42 Å². The van der Waals surface area contributed by atoms with Crippen molar-refractivity contribution in [1.82, 2.24) is 0 Å². The SMILES string of the molecule is [N-]=[N+]=NS(=O)(=O)c1ccc(-c2cc3ccccc3s2)cc1. The average Bonchev–Trinajstić information content (AvgIpc) is 2.91. The van der Waals surface area contributed by atoms with Gasteiger partial charge >= 0.3 is 0 Å². The highest BCUT2D eigenvalue weighted by Gasteiger charge is 2.12. The van der Waals surface area contributed by atoms with Gasteiger partial charge in [-0.15, -0.1) is 11.3 Å². The molecule has 2 aromatic carbocycles. The summed E-state index contributed by atoms with van der Waals surface area (Å²) >= 11 is 1.64. The second-order valence-corrected chi connectivity index (χ2v) is 6.99. The van der Waals surface area contributed by atoms with Gasteiger partial charge in [0.1, 0.15) is 0 Å². The van der Waals surface area contributed by atoms with Crippen molar-refractivity contribution in [1.29, 1.82) is 0 Å². The lowest BCUT2D eigenvalue weighted by Crippen LogP contribution is -1.94. The molecule has 3 aromatic rings. The molecule has 0 amide bonds.